The fraction of sp³-hybridized carbons (Fsp3) is 0.152. The maximum atomic E-state index is 2.57. The summed E-state index contributed by atoms with van der Waals surface area (Å²) in [5.74, 6) is 0. The van der Waals surface area contributed by atoms with E-state index in [-0.39, 0.29) is 10.8 Å². The van der Waals surface area contributed by atoms with Crippen LogP contribution in [-0.2, 0) is 10.8 Å². The van der Waals surface area contributed by atoms with Gasteiger partial charge in [0, 0.05) is 10.8 Å². The molecule has 0 spiro atoms. The van der Waals surface area contributed by atoms with Crippen LogP contribution in [0.15, 0.2) is 206 Å². The van der Waals surface area contributed by atoms with Gasteiger partial charge in [-0.1, -0.05) is 264 Å². The molecule has 2 heteroatoms. The predicted octanol–water partition coefficient (Wildman–Crippen LogP) is 15.3. The third-order valence-electron chi connectivity index (χ3n) is 16.4. The van der Waals surface area contributed by atoms with Crippen molar-refractivity contribution < 1.29 is 0 Å². The Bertz CT molecular complexity index is 3460. The van der Waals surface area contributed by atoms with Crippen LogP contribution >= 0.6 is 0 Å². The van der Waals surface area contributed by atoms with E-state index < -0.39 is 16.1 Å². The van der Waals surface area contributed by atoms with Crippen LogP contribution in [0.1, 0.15) is 49.9 Å². The van der Waals surface area contributed by atoms with E-state index in [0.29, 0.717) is 0 Å². The van der Waals surface area contributed by atoms with Crippen LogP contribution in [0, 0.1) is 0 Å². The average Bonchev–Trinajstić information content (AvgIpc) is 3.36. The van der Waals surface area contributed by atoms with Crippen molar-refractivity contribution in [2.24, 2.45) is 0 Å². The highest BCUT2D eigenvalue weighted by Crippen LogP contribution is 2.48. The molecule has 330 valence electrons. The molecule has 2 aliphatic rings. The maximum Gasteiger partial charge on any atom is 0.113 e. The van der Waals surface area contributed by atoms with Crippen molar-refractivity contribution in [2.75, 3.05) is 0 Å². The van der Waals surface area contributed by atoms with Gasteiger partial charge in [-0.3, -0.25) is 0 Å². The Morgan fingerprint density at radius 1 is 0.279 bits per heavy atom. The molecule has 0 fully saturated rings. The van der Waals surface area contributed by atoms with Crippen molar-refractivity contribution in [2.45, 2.75) is 64.7 Å². The lowest BCUT2D eigenvalue weighted by molar-refractivity contribution is 0.645. The second-order valence-corrected chi connectivity index (χ2v) is 30.1. The summed E-state index contributed by atoms with van der Waals surface area (Å²) in [6.45, 7) is 20.0. The van der Waals surface area contributed by atoms with Crippen molar-refractivity contribution >= 4 is 58.4 Å². The van der Waals surface area contributed by atoms with Gasteiger partial charge in [-0.15, -0.1) is 0 Å². The molecule has 68 heavy (non-hydrogen) atoms. The van der Waals surface area contributed by atoms with E-state index in [1.807, 2.05) is 0 Å². The van der Waals surface area contributed by atoms with E-state index in [4.69, 9.17) is 0 Å². The Morgan fingerprint density at radius 2 is 0.603 bits per heavy atom. The first kappa shape index (κ1) is 42.5. The van der Waals surface area contributed by atoms with Crippen LogP contribution in [0.5, 0.6) is 0 Å². The molecule has 0 aliphatic carbocycles. The summed E-state index contributed by atoms with van der Waals surface area (Å²) in [5.41, 5.74) is 18.6. The maximum absolute atomic E-state index is 2.57. The van der Waals surface area contributed by atoms with Crippen LogP contribution in [-0.4, -0.2) is 16.1 Å². The van der Waals surface area contributed by atoms with Crippen molar-refractivity contribution in [3.8, 4) is 55.6 Å². The lowest BCUT2D eigenvalue weighted by Gasteiger charge is -2.44. The number of fused-ring (bicyclic) bond motifs is 6. The molecule has 10 aromatic carbocycles. The molecule has 2 aliphatic heterocycles. The monoisotopic (exact) mass is 906 g/mol. The summed E-state index contributed by atoms with van der Waals surface area (Å²) in [7, 11) is -4.27. The standard InChI is InChI=1S/C66H58Si2/c1-65(2)56-36-16-18-40-60(56)67(5,6)63-52(34-22-38-58(63)65)46-28-14-12-26-44(46)48-30-20-32-50-54(48)42-55-49(31-21-33-51(55)62(50)43-24-10-9-11-25-43)45-27-13-15-29-47(45)53-35-23-39-59-64(53)68(7,8)61-41-19-17-37-57(61)66(59,3)4/h9-42H,1-8H3. The predicted molar refractivity (Wildman–Crippen MR) is 299 cm³/mol. The largest absolute Gasteiger partial charge is 0.113 e. The molecule has 0 saturated carbocycles. The first-order valence-corrected chi connectivity index (χ1v) is 30.5. The SMILES string of the molecule is CC1(C)c2ccccc2[Si](C)(C)c2c(-c3ccccc3-c3cccc4c(-c5ccccc5)c5cccc(-c6ccccc6-c6cccc7c6[Si](C)(C)c6ccccc6C7(C)C)c5cc34)cccc21. The summed E-state index contributed by atoms with van der Waals surface area (Å²) in [4.78, 5) is 0. The highest BCUT2D eigenvalue weighted by atomic mass is 28.3. The van der Waals surface area contributed by atoms with Gasteiger partial charge in [-0.05, 0) is 116 Å². The van der Waals surface area contributed by atoms with Gasteiger partial charge in [-0.25, -0.2) is 0 Å². The van der Waals surface area contributed by atoms with Gasteiger partial charge in [-0.2, -0.15) is 0 Å². The number of rotatable bonds is 5. The Labute approximate surface area is 405 Å². The van der Waals surface area contributed by atoms with Crippen LogP contribution in [0.3, 0.4) is 0 Å². The minimum atomic E-state index is -2.13. The Hall–Kier alpha value is -6.85. The molecule has 0 N–H and O–H groups in total. The molecule has 0 atom stereocenters. The number of hydrogen-bond donors (Lipinski definition) is 0. The van der Waals surface area contributed by atoms with Crippen molar-refractivity contribution in [1.82, 2.24) is 0 Å². The van der Waals surface area contributed by atoms with Crippen LogP contribution < -0.4 is 20.7 Å². The minimum absolute atomic E-state index is 0.104. The average molecular weight is 907 g/mol. The molecule has 0 radical (unpaired) electrons. The highest BCUT2D eigenvalue weighted by molar-refractivity contribution is 7.02. The van der Waals surface area contributed by atoms with Crippen LogP contribution in [0.2, 0.25) is 26.2 Å². The van der Waals surface area contributed by atoms with E-state index in [9.17, 15) is 0 Å². The normalized spacial score (nSPS) is 15.8. The summed E-state index contributed by atoms with van der Waals surface area (Å²) >= 11 is 0. The topological polar surface area (TPSA) is 0 Å². The van der Waals surface area contributed by atoms with Gasteiger partial charge in [0.1, 0.15) is 16.1 Å². The third-order valence-corrected chi connectivity index (χ3v) is 23.5. The van der Waals surface area contributed by atoms with E-state index in [1.54, 1.807) is 20.7 Å². The first-order chi connectivity index (χ1) is 32.8. The second-order valence-electron chi connectivity index (χ2n) is 21.6. The molecule has 12 rings (SSSR count). The lowest BCUT2D eigenvalue weighted by Crippen LogP contribution is -2.62. The third kappa shape index (κ3) is 6.10. The molecule has 0 nitrogen and oxygen atoms in total. The van der Waals surface area contributed by atoms with E-state index >= 15 is 0 Å². The smallest absolute Gasteiger partial charge is 0.0623 e. The Morgan fingerprint density at radius 3 is 1.04 bits per heavy atom. The van der Waals surface area contributed by atoms with Gasteiger partial charge in [0.2, 0.25) is 0 Å². The zero-order valence-corrected chi connectivity index (χ0v) is 42.6. The molecular weight excluding hydrogens is 849 g/mol. The summed E-state index contributed by atoms with van der Waals surface area (Å²) in [6, 6.07) is 78.9. The first-order valence-electron chi connectivity index (χ1n) is 24.5. The van der Waals surface area contributed by atoms with Gasteiger partial charge in [0.05, 0.1) is 0 Å². The van der Waals surface area contributed by atoms with Crippen LogP contribution in [0.4, 0.5) is 0 Å². The zero-order chi connectivity index (χ0) is 46.7. The van der Waals surface area contributed by atoms with Crippen LogP contribution in [0.25, 0.3) is 77.2 Å². The second kappa shape index (κ2) is 15.3. The summed E-state index contributed by atoms with van der Waals surface area (Å²) in [6.07, 6.45) is 0. The van der Waals surface area contributed by atoms with E-state index in [1.165, 1.54) is 99.4 Å². The fourth-order valence-electron chi connectivity index (χ4n) is 13.1. The molecule has 0 unspecified atom stereocenters. The summed E-state index contributed by atoms with van der Waals surface area (Å²) in [5, 5.41) is 11.3. The minimum Gasteiger partial charge on any atom is -0.0623 e. The van der Waals surface area contributed by atoms with E-state index in [2.05, 4.69) is 260 Å². The summed E-state index contributed by atoms with van der Waals surface area (Å²) < 4.78 is 0. The quantitative estimate of drug-likeness (QED) is 0.119. The van der Waals surface area contributed by atoms with Crippen molar-refractivity contribution in [3.63, 3.8) is 0 Å². The number of benzene rings is 10. The van der Waals surface area contributed by atoms with Crippen molar-refractivity contribution in [1.29, 1.82) is 0 Å². The highest BCUT2D eigenvalue weighted by Gasteiger charge is 2.45. The molecule has 0 bridgehead atoms. The Kier molecular flexibility index (Phi) is 9.59. The Balaban J connectivity index is 1.12. The molecular formula is C66H58Si2. The fourth-order valence-corrected chi connectivity index (χ4v) is 20.7. The molecule has 10 aromatic rings. The molecule has 0 saturated heterocycles. The van der Waals surface area contributed by atoms with Crippen molar-refractivity contribution in [3.05, 3.63) is 229 Å². The van der Waals surface area contributed by atoms with Gasteiger partial charge in [0.15, 0.2) is 0 Å². The molecule has 0 amide bonds. The lowest BCUT2D eigenvalue weighted by atomic mass is 9.76. The van der Waals surface area contributed by atoms with E-state index in [0.717, 1.165) is 0 Å². The van der Waals surface area contributed by atoms with Gasteiger partial charge < -0.3 is 0 Å². The zero-order valence-electron chi connectivity index (χ0n) is 40.6. The van der Waals surface area contributed by atoms with Gasteiger partial charge in [0.25, 0.3) is 0 Å². The molecule has 2 heterocycles. The van der Waals surface area contributed by atoms with Gasteiger partial charge >= 0.3 is 0 Å². The molecule has 0 aromatic heterocycles. The number of hydrogen-bond acceptors (Lipinski definition) is 0.